The van der Waals surface area contributed by atoms with Gasteiger partial charge in [0, 0.05) is 16.9 Å². The number of nitrogens with one attached hydrogen (secondary N) is 1. The number of nitrogen functional groups attached to an aromatic ring is 1. The number of rotatable bonds is 13. The minimum atomic E-state index is -1.29. The number of tetrazole rings is 1. The Balaban J connectivity index is 1.47. The summed E-state index contributed by atoms with van der Waals surface area (Å²) < 4.78 is 1.31. The van der Waals surface area contributed by atoms with Crippen LogP contribution >= 0.6 is 34.9 Å². The lowest BCUT2D eigenvalue weighted by Gasteiger charge is -2.49. The summed E-state index contributed by atoms with van der Waals surface area (Å²) in [7, 11) is 0. The molecule has 4 heterocycles. The molecule has 206 valence electrons. The molecule has 2 atom stereocenters. The number of thioether (sulfide) groups is 2. The first kappa shape index (κ1) is 28.0. The molecule has 16 nitrogen and oxygen atoms in total. The lowest BCUT2D eigenvalue weighted by atomic mass is 10.0. The van der Waals surface area contributed by atoms with Gasteiger partial charge in [-0.25, -0.2) is 14.5 Å². The second kappa shape index (κ2) is 12.3. The quantitative estimate of drug-likeness (QED) is 0.0578. The number of carbonyl (C=O) groups is 4. The fourth-order valence-electron chi connectivity index (χ4n) is 3.55. The SMILES string of the molecule is C=CCO/N=C(/C(=O)NC1C(=O)N2C(C(=O)O)=C(CSc3nnnn3CCC(=O)O)CSC12)c1csc(N)n1. The number of hydrogen-bond acceptors (Lipinski definition) is 14. The molecule has 5 N–H and O–H groups in total. The summed E-state index contributed by atoms with van der Waals surface area (Å²) in [6.45, 7) is 3.60. The van der Waals surface area contributed by atoms with E-state index >= 15 is 0 Å². The maximum absolute atomic E-state index is 13.0. The van der Waals surface area contributed by atoms with Crippen LogP contribution in [0.4, 0.5) is 5.13 Å². The van der Waals surface area contributed by atoms with Crippen LogP contribution in [0.5, 0.6) is 0 Å². The van der Waals surface area contributed by atoms with Crippen molar-refractivity contribution >= 4 is 69.5 Å². The van der Waals surface area contributed by atoms with Crippen molar-refractivity contribution in [1.29, 1.82) is 0 Å². The molecule has 4 rings (SSSR count). The predicted octanol–water partition coefficient (Wildman–Crippen LogP) is -0.376. The van der Waals surface area contributed by atoms with Crippen molar-refractivity contribution in [3.63, 3.8) is 0 Å². The van der Waals surface area contributed by atoms with E-state index in [1.807, 2.05) is 0 Å². The van der Waals surface area contributed by atoms with Crippen molar-refractivity contribution in [1.82, 2.24) is 35.4 Å². The standard InChI is InChI=1S/C20H21N9O7S3/c1-2-5-36-25-12(10-8-38-19(21)22-10)15(32)23-13-16(33)29-14(18(34)35)9(6-37-17(13)29)7-39-20-24-26-27-28(20)4-3-11(30)31/h2,8,13,17H,1,3-7H2,(H2,21,22)(H,23,32)(H,30,31)(H,34,35)/b25-12+. The molecule has 2 aromatic heterocycles. The molecule has 0 aliphatic carbocycles. The zero-order chi connectivity index (χ0) is 28.1. The van der Waals surface area contributed by atoms with Crippen molar-refractivity contribution < 1.29 is 34.2 Å². The summed E-state index contributed by atoms with van der Waals surface area (Å²) in [5.41, 5.74) is 5.92. The fourth-order valence-corrected chi connectivity index (χ4v) is 6.49. The molecule has 0 saturated carbocycles. The van der Waals surface area contributed by atoms with E-state index in [0.717, 1.165) is 28.0 Å². The van der Waals surface area contributed by atoms with Crippen LogP contribution in [0, 0.1) is 0 Å². The largest absolute Gasteiger partial charge is 0.481 e. The van der Waals surface area contributed by atoms with Crippen LogP contribution in [0.3, 0.4) is 0 Å². The molecule has 39 heavy (non-hydrogen) atoms. The van der Waals surface area contributed by atoms with Gasteiger partial charge in [0.1, 0.15) is 29.4 Å². The molecule has 1 saturated heterocycles. The minimum absolute atomic E-state index is 0.0322. The topological polar surface area (TPSA) is 228 Å². The van der Waals surface area contributed by atoms with E-state index in [1.54, 1.807) is 0 Å². The number of hydrogen-bond donors (Lipinski definition) is 4. The predicted molar refractivity (Wildman–Crippen MR) is 140 cm³/mol. The van der Waals surface area contributed by atoms with E-state index in [-0.39, 0.29) is 53.3 Å². The van der Waals surface area contributed by atoms with Crippen molar-refractivity contribution in [2.75, 3.05) is 23.8 Å². The number of nitrogens with zero attached hydrogens (tertiary/aromatic N) is 7. The first-order valence-electron chi connectivity index (χ1n) is 11.0. The van der Waals surface area contributed by atoms with E-state index < -0.39 is 35.2 Å². The molecule has 0 radical (unpaired) electrons. The highest BCUT2D eigenvalue weighted by atomic mass is 32.2. The van der Waals surface area contributed by atoms with Gasteiger partial charge in [0.2, 0.25) is 5.16 Å². The maximum atomic E-state index is 13.0. The fraction of sp³-hybridized carbons (Fsp3) is 0.350. The van der Waals surface area contributed by atoms with Crippen LogP contribution in [0.1, 0.15) is 12.1 Å². The van der Waals surface area contributed by atoms with Crippen LogP contribution in [0.15, 0.2) is 39.6 Å². The molecule has 0 spiro atoms. The number of aliphatic carboxylic acids is 2. The second-order valence-corrected chi connectivity index (χ2v) is 10.8. The lowest BCUT2D eigenvalue weighted by Crippen LogP contribution is -2.71. The Morgan fingerprint density at radius 2 is 2.18 bits per heavy atom. The van der Waals surface area contributed by atoms with Crippen LogP contribution in [-0.4, -0.2) is 99.3 Å². The minimum Gasteiger partial charge on any atom is -0.481 e. The lowest BCUT2D eigenvalue weighted by molar-refractivity contribution is -0.150. The van der Waals surface area contributed by atoms with Crippen LogP contribution in [0.2, 0.25) is 0 Å². The van der Waals surface area contributed by atoms with Gasteiger partial charge < -0.3 is 26.1 Å². The van der Waals surface area contributed by atoms with Gasteiger partial charge in [0.15, 0.2) is 10.8 Å². The number of carboxylic acid groups (broad SMARTS) is 2. The highest BCUT2D eigenvalue weighted by molar-refractivity contribution is 8.01. The number of fused-ring (bicyclic) bond motifs is 1. The van der Waals surface area contributed by atoms with E-state index in [1.165, 1.54) is 27.9 Å². The normalized spacial score (nSPS) is 18.8. The van der Waals surface area contributed by atoms with E-state index in [4.69, 9.17) is 15.7 Å². The van der Waals surface area contributed by atoms with Gasteiger partial charge in [-0.15, -0.1) is 28.2 Å². The highest BCUT2D eigenvalue weighted by Crippen LogP contribution is 2.41. The zero-order valence-corrected chi connectivity index (χ0v) is 22.4. The van der Waals surface area contributed by atoms with Crippen LogP contribution in [0.25, 0.3) is 0 Å². The van der Waals surface area contributed by atoms with E-state index in [2.05, 4.69) is 37.6 Å². The molecule has 0 bridgehead atoms. The Hall–Kier alpha value is -3.97. The van der Waals surface area contributed by atoms with Gasteiger partial charge in [0.05, 0.1) is 13.0 Å². The third-order valence-electron chi connectivity index (χ3n) is 5.28. The molecule has 1 fully saturated rings. The summed E-state index contributed by atoms with van der Waals surface area (Å²) in [5, 5.41) is 37.7. The summed E-state index contributed by atoms with van der Waals surface area (Å²) in [6, 6.07) is -1.00. The number of carboxylic acids is 2. The molecule has 2 amide bonds. The van der Waals surface area contributed by atoms with Gasteiger partial charge >= 0.3 is 11.9 Å². The summed E-state index contributed by atoms with van der Waals surface area (Å²) in [6.07, 6.45) is 1.25. The van der Waals surface area contributed by atoms with Crippen molar-refractivity contribution in [2.45, 2.75) is 29.5 Å². The third kappa shape index (κ3) is 6.20. The Morgan fingerprint density at radius 3 is 2.85 bits per heavy atom. The molecular formula is C20H21N9O7S3. The smallest absolute Gasteiger partial charge is 0.352 e. The van der Waals surface area contributed by atoms with Gasteiger partial charge in [-0.2, -0.15) is 0 Å². The second-order valence-electron chi connectivity index (χ2n) is 7.83. The van der Waals surface area contributed by atoms with Crippen molar-refractivity contribution in [2.24, 2.45) is 5.16 Å². The van der Waals surface area contributed by atoms with Gasteiger partial charge in [0.25, 0.3) is 11.8 Å². The first-order chi connectivity index (χ1) is 18.7. The Bertz CT molecular complexity index is 1370. The van der Waals surface area contributed by atoms with Gasteiger partial charge in [-0.1, -0.05) is 29.6 Å². The van der Waals surface area contributed by atoms with E-state index in [0.29, 0.717) is 10.7 Å². The Labute approximate surface area is 232 Å². The number of aryl methyl sites for hydroxylation is 1. The molecule has 2 aliphatic rings. The summed E-state index contributed by atoms with van der Waals surface area (Å²) in [5.74, 6) is -3.23. The molecule has 2 unspecified atom stereocenters. The van der Waals surface area contributed by atoms with Gasteiger partial charge in [-0.3, -0.25) is 19.3 Å². The van der Waals surface area contributed by atoms with Crippen LogP contribution < -0.4 is 11.1 Å². The van der Waals surface area contributed by atoms with Crippen molar-refractivity contribution in [3.8, 4) is 0 Å². The third-order valence-corrected chi connectivity index (χ3v) is 8.33. The molecule has 0 aromatic carbocycles. The Morgan fingerprint density at radius 1 is 1.38 bits per heavy atom. The van der Waals surface area contributed by atoms with Crippen LogP contribution in [-0.2, 0) is 30.6 Å². The summed E-state index contributed by atoms with van der Waals surface area (Å²) >= 11 is 3.51. The molecule has 2 aliphatic heterocycles. The average Bonchev–Trinajstić information content (AvgIpc) is 3.54. The monoisotopic (exact) mass is 595 g/mol. The zero-order valence-electron chi connectivity index (χ0n) is 19.9. The number of amides is 2. The number of oxime groups is 1. The maximum Gasteiger partial charge on any atom is 0.352 e. The Kier molecular flexibility index (Phi) is 8.82. The number of carbonyl (C=O) groups excluding carboxylic acids is 2. The van der Waals surface area contributed by atoms with E-state index in [9.17, 15) is 24.3 Å². The van der Waals surface area contributed by atoms with Gasteiger partial charge in [-0.05, 0) is 16.0 Å². The van der Waals surface area contributed by atoms with Crippen molar-refractivity contribution in [3.05, 3.63) is 35.0 Å². The highest BCUT2D eigenvalue weighted by Gasteiger charge is 2.54. The first-order valence-corrected chi connectivity index (χ1v) is 14.0. The number of β-lactam (4-membered cyclic amide) rings is 1. The number of anilines is 1. The number of thiazole rings is 1. The number of nitrogens with two attached hydrogens (primary N) is 1. The average molecular weight is 596 g/mol. The molecular weight excluding hydrogens is 574 g/mol. The summed E-state index contributed by atoms with van der Waals surface area (Å²) in [4.78, 5) is 59.3. The molecule has 2 aromatic rings. The molecule has 19 heteroatoms. The number of aromatic nitrogens is 5.